The van der Waals surface area contributed by atoms with Crippen LogP contribution in [-0.2, 0) is 11.3 Å². The van der Waals surface area contributed by atoms with Crippen LogP contribution in [0.2, 0.25) is 0 Å². The van der Waals surface area contributed by atoms with Gasteiger partial charge in [0.15, 0.2) is 5.75 Å². The predicted molar refractivity (Wildman–Crippen MR) is 72.8 cm³/mol. The Hall–Kier alpha value is -2.15. The second-order valence-electron chi connectivity index (χ2n) is 4.98. The van der Waals surface area contributed by atoms with E-state index in [-0.39, 0.29) is 18.0 Å². The molecule has 1 aromatic rings. The van der Waals surface area contributed by atoms with Gasteiger partial charge in [-0.2, -0.15) is 0 Å². The van der Waals surface area contributed by atoms with Crippen LogP contribution in [0.4, 0.5) is 5.69 Å². The van der Waals surface area contributed by atoms with Crippen molar-refractivity contribution in [3.05, 3.63) is 33.9 Å². The summed E-state index contributed by atoms with van der Waals surface area (Å²) < 4.78 is 4.92. The fourth-order valence-corrected chi connectivity index (χ4v) is 1.61. The number of likely N-dealkylation sites (N-methyl/N-ethyl adjacent to an activating group) is 1. The molecule has 0 bridgehead atoms. The smallest absolute Gasteiger partial charge is 0.323 e. The number of carboxylic acids is 1. The van der Waals surface area contributed by atoms with Crippen molar-refractivity contribution in [1.82, 2.24) is 4.90 Å². The first kappa shape index (κ1) is 15.9. The number of methoxy groups -OCH3 is 1. The summed E-state index contributed by atoms with van der Waals surface area (Å²) in [6, 6.07) is 4.59. The molecule has 110 valence electrons. The quantitative estimate of drug-likeness (QED) is 0.632. The highest BCUT2D eigenvalue weighted by Crippen LogP contribution is 2.28. The molecule has 7 heteroatoms. The van der Waals surface area contributed by atoms with Crippen LogP contribution >= 0.6 is 0 Å². The van der Waals surface area contributed by atoms with E-state index in [0.29, 0.717) is 5.56 Å². The first-order chi connectivity index (χ1) is 9.20. The van der Waals surface area contributed by atoms with Gasteiger partial charge in [-0.05, 0) is 32.5 Å². The Morgan fingerprint density at radius 1 is 1.50 bits per heavy atom. The maximum absolute atomic E-state index is 11.2. The highest BCUT2D eigenvalue weighted by atomic mass is 16.6. The maximum Gasteiger partial charge on any atom is 0.323 e. The Morgan fingerprint density at radius 3 is 2.55 bits per heavy atom. The molecule has 0 unspecified atom stereocenters. The Labute approximate surface area is 116 Å². The lowest BCUT2D eigenvalue weighted by atomic mass is 10.0. The third-order valence-electron chi connectivity index (χ3n) is 3.34. The number of hydrogen-bond donors (Lipinski definition) is 1. The number of nitro groups is 1. The number of aliphatic carboxylic acids is 1. The van der Waals surface area contributed by atoms with E-state index in [0.717, 1.165) is 0 Å². The molecule has 0 aliphatic heterocycles. The molecule has 0 spiro atoms. The summed E-state index contributed by atoms with van der Waals surface area (Å²) in [6.45, 7) is 3.44. The molecule has 0 radical (unpaired) electrons. The van der Waals surface area contributed by atoms with Crippen molar-refractivity contribution in [2.75, 3.05) is 14.2 Å². The standard InChI is InChI=1S/C13H18N2O5/c1-13(2,12(16)17)14(3)8-9-5-6-11(20-4)10(7-9)15(18)19/h5-7H,8H2,1-4H3,(H,16,17). The summed E-state index contributed by atoms with van der Waals surface area (Å²) in [5.74, 6) is -0.776. The summed E-state index contributed by atoms with van der Waals surface area (Å²) in [7, 11) is 3.02. The topological polar surface area (TPSA) is 92.9 Å². The van der Waals surface area contributed by atoms with Crippen LogP contribution in [0.3, 0.4) is 0 Å². The van der Waals surface area contributed by atoms with Crippen LogP contribution in [-0.4, -0.2) is 40.6 Å². The van der Waals surface area contributed by atoms with Crippen LogP contribution in [0, 0.1) is 10.1 Å². The molecule has 0 heterocycles. The molecule has 0 aliphatic carbocycles. The molecular formula is C13H18N2O5. The molecule has 0 amide bonds. The minimum atomic E-state index is -1.06. The van der Waals surface area contributed by atoms with E-state index in [2.05, 4.69) is 0 Å². The van der Waals surface area contributed by atoms with Gasteiger partial charge in [0.2, 0.25) is 0 Å². The highest BCUT2D eigenvalue weighted by Gasteiger charge is 2.32. The van der Waals surface area contributed by atoms with E-state index in [1.165, 1.54) is 19.2 Å². The van der Waals surface area contributed by atoms with Crippen molar-refractivity contribution in [1.29, 1.82) is 0 Å². The highest BCUT2D eigenvalue weighted by molar-refractivity contribution is 5.77. The van der Waals surface area contributed by atoms with Gasteiger partial charge in [-0.3, -0.25) is 19.8 Å². The molecule has 7 nitrogen and oxygen atoms in total. The molecule has 0 aromatic heterocycles. The van der Waals surface area contributed by atoms with Crippen molar-refractivity contribution in [2.24, 2.45) is 0 Å². The number of nitro benzene ring substituents is 1. The van der Waals surface area contributed by atoms with E-state index < -0.39 is 16.4 Å². The molecule has 20 heavy (non-hydrogen) atoms. The van der Waals surface area contributed by atoms with Crippen LogP contribution in [0.15, 0.2) is 18.2 Å². The van der Waals surface area contributed by atoms with E-state index in [1.54, 1.807) is 31.9 Å². The minimum absolute atomic E-state index is 0.133. The van der Waals surface area contributed by atoms with Crippen LogP contribution in [0.25, 0.3) is 0 Å². The van der Waals surface area contributed by atoms with Gasteiger partial charge in [0.1, 0.15) is 5.54 Å². The monoisotopic (exact) mass is 282 g/mol. The zero-order valence-corrected chi connectivity index (χ0v) is 11.9. The molecule has 1 N–H and O–H groups in total. The SMILES string of the molecule is COc1ccc(CN(C)C(C)(C)C(=O)O)cc1[N+](=O)[O-]. The Morgan fingerprint density at radius 2 is 2.10 bits per heavy atom. The van der Waals surface area contributed by atoms with E-state index >= 15 is 0 Å². The predicted octanol–water partition coefficient (Wildman–Crippen LogP) is 1.90. The average molecular weight is 282 g/mol. The Kier molecular flexibility index (Phi) is 4.67. The largest absolute Gasteiger partial charge is 0.490 e. The lowest BCUT2D eigenvalue weighted by Gasteiger charge is -2.31. The number of carboxylic acid groups (broad SMARTS) is 1. The van der Waals surface area contributed by atoms with Crippen molar-refractivity contribution in [2.45, 2.75) is 25.9 Å². The third kappa shape index (κ3) is 3.24. The molecular weight excluding hydrogens is 264 g/mol. The first-order valence-corrected chi connectivity index (χ1v) is 5.96. The van der Waals surface area contributed by atoms with Crippen molar-refractivity contribution < 1.29 is 19.6 Å². The van der Waals surface area contributed by atoms with Gasteiger partial charge in [-0.25, -0.2) is 0 Å². The summed E-state index contributed by atoms with van der Waals surface area (Å²) in [5.41, 5.74) is -0.546. The Bertz CT molecular complexity index is 527. The van der Waals surface area contributed by atoms with Gasteiger partial charge in [-0.1, -0.05) is 6.07 Å². The van der Waals surface area contributed by atoms with Crippen molar-refractivity contribution >= 4 is 11.7 Å². The molecule has 0 aliphatic rings. The first-order valence-electron chi connectivity index (χ1n) is 5.96. The van der Waals surface area contributed by atoms with Crippen LogP contribution < -0.4 is 4.74 Å². The van der Waals surface area contributed by atoms with E-state index in [1.807, 2.05) is 0 Å². The fraction of sp³-hybridized carbons (Fsp3) is 0.462. The average Bonchev–Trinajstić information content (AvgIpc) is 2.38. The maximum atomic E-state index is 11.2. The minimum Gasteiger partial charge on any atom is -0.490 e. The molecule has 1 rings (SSSR count). The summed E-state index contributed by atoms with van der Waals surface area (Å²) >= 11 is 0. The van der Waals surface area contributed by atoms with Gasteiger partial charge < -0.3 is 9.84 Å². The molecule has 0 fully saturated rings. The number of rotatable bonds is 6. The zero-order valence-electron chi connectivity index (χ0n) is 11.9. The van der Waals surface area contributed by atoms with Gasteiger partial charge in [-0.15, -0.1) is 0 Å². The summed E-state index contributed by atoms with van der Waals surface area (Å²) in [6.07, 6.45) is 0. The number of hydrogen-bond acceptors (Lipinski definition) is 5. The second kappa shape index (κ2) is 5.87. The molecule has 0 atom stereocenters. The number of ether oxygens (including phenoxy) is 1. The lowest BCUT2D eigenvalue weighted by Crippen LogP contribution is -2.47. The zero-order chi connectivity index (χ0) is 15.5. The molecule has 0 saturated carbocycles. The normalized spacial score (nSPS) is 11.4. The van der Waals surface area contributed by atoms with E-state index in [4.69, 9.17) is 9.84 Å². The summed E-state index contributed by atoms with van der Waals surface area (Å²) in [4.78, 5) is 23.2. The van der Waals surface area contributed by atoms with Gasteiger partial charge in [0.05, 0.1) is 12.0 Å². The third-order valence-corrected chi connectivity index (χ3v) is 3.34. The van der Waals surface area contributed by atoms with Crippen LogP contribution in [0.1, 0.15) is 19.4 Å². The lowest BCUT2D eigenvalue weighted by molar-refractivity contribution is -0.385. The summed E-state index contributed by atoms with van der Waals surface area (Å²) in [5, 5.41) is 20.1. The molecule has 0 saturated heterocycles. The van der Waals surface area contributed by atoms with Gasteiger partial charge in [0.25, 0.3) is 0 Å². The second-order valence-corrected chi connectivity index (χ2v) is 4.98. The Balaban J connectivity index is 3.02. The van der Waals surface area contributed by atoms with Gasteiger partial charge >= 0.3 is 11.7 Å². The van der Waals surface area contributed by atoms with Crippen molar-refractivity contribution in [3.63, 3.8) is 0 Å². The van der Waals surface area contributed by atoms with Crippen LogP contribution in [0.5, 0.6) is 5.75 Å². The van der Waals surface area contributed by atoms with E-state index in [9.17, 15) is 14.9 Å². The number of benzene rings is 1. The number of carbonyl (C=O) groups is 1. The number of nitrogens with zero attached hydrogens (tertiary/aromatic N) is 2. The fourth-order valence-electron chi connectivity index (χ4n) is 1.61. The van der Waals surface area contributed by atoms with Crippen molar-refractivity contribution in [3.8, 4) is 5.75 Å². The molecule has 1 aromatic carbocycles. The van der Waals surface area contributed by atoms with Gasteiger partial charge in [0, 0.05) is 12.6 Å².